The molecule has 1 amide bonds. The summed E-state index contributed by atoms with van der Waals surface area (Å²) in [6.45, 7) is 0. The Kier molecular flexibility index (Phi) is 2.95. The third kappa shape index (κ3) is 2.66. The van der Waals surface area contributed by atoms with E-state index in [1.165, 1.54) is 31.2 Å². The van der Waals surface area contributed by atoms with Gasteiger partial charge in [0.1, 0.15) is 5.82 Å². The number of hydrogen-bond donors (Lipinski definition) is 1. The molecule has 0 aromatic carbocycles. The highest BCUT2D eigenvalue weighted by atomic mass is 16.1. The minimum Gasteiger partial charge on any atom is -0.306 e. The third-order valence-electron chi connectivity index (χ3n) is 4.12. The minimum absolute atomic E-state index is 0.134. The Balaban J connectivity index is 1.63. The summed E-state index contributed by atoms with van der Waals surface area (Å²) in [6.07, 6.45) is 8.06. The molecule has 0 atom stereocenters. The smallest absolute Gasteiger partial charge is 0.258 e. The number of carbonyl (C=O) groups excluding carboxylic acids is 1. The van der Waals surface area contributed by atoms with Crippen LogP contribution >= 0.6 is 0 Å². The standard InChI is InChI=1S/C17H17N3O/c21-17(13-2-1-9-18-10-13)20-16-14(11-3-4-11)7-8-15(19-16)12-5-6-12/h1-2,7-12H,3-6H2,(H,19,20,21). The summed E-state index contributed by atoms with van der Waals surface area (Å²) < 4.78 is 0. The molecule has 0 saturated heterocycles. The Morgan fingerprint density at radius 2 is 1.90 bits per heavy atom. The highest BCUT2D eigenvalue weighted by Gasteiger charge is 2.30. The van der Waals surface area contributed by atoms with Gasteiger partial charge in [-0.2, -0.15) is 0 Å². The van der Waals surface area contributed by atoms with Crippen molar-refractivity contribution in [3.05, 3.63) is 53.5 Å². The highest BCUT2D eigenvalue weighted by molar-refractivity contribution is 6.03. The first-order chi connectivity index (χ1) is 10.3. The molecule has 4 nitrogen and oxygen atoms in total. The van der Waals surface area contributed by atoms with E-state index in [1.54, 1.807) is 24.5 Å². The van der Waals surface area contributed by atoms with Gasteiger partial charge in [-0.3, -0.25) is 9.78 Å². The molecule has 4 rings (SSSR count). The van der Waals surface area contributed by atoms with Crippen molar-refractivity contribution in [1.29, 1.82) is 0 Å². The first-order valence-electron chi connectivity index (χ1n) is 7.53. The van der Waals surface area contributed by atoms with E-state index in [0.29, 0.717) is 17.4 Å². The number of nitrogens with one attached hydrogen (secondary N) is 1. The molecule has 1 N–H and O–H groups in total. The lowest BCUT2D eigenvalue weighted by atomic mass is 10.1. The van der Waals surface area contributed by atoms with Crippen LogP contribution in [0.4, 0.5) is 5.82 Å². The zero-order chi connectivity index (χ0) is 14.2. The summed E-state index contributed by atoms with van der Waals surface area (Å²) in [5.41, 5.74) is 2.86. The van der Waals surface area contributed by atoms with Crippen LogP contribution in [0.1, 0.15) is 59.1 Å². The van der Waals surface area contributed by atoms with Crippen LogP contribution in [-0.4, -0.2) is 15.9 Å². The van der Waals surface area contributed by atoms with Gasteiger partial charge >= 0.3 is 0 Å². The SMILES string of the molecule is O=C(Nc1nc(C2CC2)ccc1C1CC1)c1cccnc1. The Labute approximate surface area is 123 Å². The van der Waals surface area contributed by atoms with Crippen molar-refractivity contribution < 1.29 is 4.79 Å². The Morgan fingerprint density at radius 3 is 2.57 bits per heavy atom. The molecule has 106 valence electrons. The third-order valence-corrected chi connectivity index (χ3v) is 4.12. The lowest BCUT2D eigenvalue weighted by Crippen LogP contribution is -2.15. The van der Waals surface area contributed by atoms with Crippen LogP contribution in [0.5, 0.6) is 0 Å². The number of rotatable bonds is 4. The van der Waals surface area contributed by atoms with Gasteiger partial charge in [0.05, 0.1) is 5.56 Å². The van der Waals surface area contributed by atoms with Crippen molar-refractivity contribution in [1.82, 2.24) is 9.97 Å². The number of aromatic nitrogens is 2. The molecule has 0 bridgehead atoms. The second-order valence-electron chi connectivity index (χ2n) is 5.92. The van der Waals surface area contributed by atoms with Gasteiger partial charge in [-0.1, -0.05) is 6.07 Å². The lowest BCUT2D eigenvalue weighted by Gasteiger charge is -2.11. The molecular weight excluding hydrogens is 262 g/mol. The number of hydrogen-bond acceptors (Lipinski definition) is 3. The normalized spacial score (nSPS) is 17.5. The van der Waals surface area contributed by atoms with E-state index in [0.717, 1.165) is 11.5 Å². The zero-order valence-electron chi connectivity index (χ0n) is 11.7. The first-order valence-corrected chi connectivity index (χ1v) is 7.53. The van der Waals surface area contributed by atoms with Crippen molar-refractivity contribution in [2.45, 2.75) is 37.5 Å². The second kappa shape index (κ2) is 4.95. The van der Waals surface area contributed by atoms with Crippen LogP contribution in [0.25, 0.3) is 0 Å². The number of amides is 1. The Morgan fingerprint density at radius 1 is 1.10 bits per heavy atom. The molecule has 2 saturated carbocycles. The number of pyridine rings is 2. The highest BCUT2D eigenvalue weighted by Crippen LogP contribution is 2.45. The molecule has 0 aliphatic heterocycles. The predicted molar refractivity (Wildman–Crippen MR) is 80.4 cm³/mol. The molecular formula is C17H17N3O. The lowest BCUT2D eigenvalue weighted by molar-refractivity contribution is 0.102. The molecule has 2 aliphatic rings. The summed E-state index contributed by atoms with van der Waals surface area (Å²) in [7, 11) is 0. The summed E-state index contributed by atoms with van der Waals surface area (Å²) in [5.74, 6) is 1.77. The Hall–Kier alpha value is -2.23. The van der Waals surface area contributed by atoms with E-state index in [4.69, 9.17) is 4.98 Å². The molecule has 0 radical (unpaired) electrons. The molecule has 2 heterocycles. The van der Waals surface area contributed by atoms with Crippen LogP contribution in [0, 0.1) is 0 Å². The predicted octanol–water partition coefficient (Wildman–Crippen LogP) is 3.48. The average molecular weight is 279 g/mol. The molecule has 4 heteroatoms. The fraction of sp³-hybridized carbons (Fsp3) is 0.353. The fourth-order valence-corrected chi connectivity index (χ4v) is 2.59. The van der Waals surface area contributed by atoms with Crippen molar-refractivity contribution >= 4 is 11.7 Å². The quantitative estimate of drug-likeness (QED) is 0.932. The van der Waals surface area contributed by atoms with E-state index in [1.807, 2.05) is 0 Å². The number of anilines is 1. The minimum atomic E-state index is -0.134. The molecule has 2 fully saturated rings. The van der Waals surface area contributed by atoms with E-state index in [9.17, 15) is 4.79 Å². The van der Waals surface area contributed by atoms with Gasteiger partial charge in [0, 0.05) is 24.0 Å². The summed E-state index contributed by atoms with van der Waals surface area (Å²) in [5, 5.41) is 2.98. The monoisotopic (exact) mass is 279 g/mol. The van der Waals surface area contributed by atoms with Gasteiger partial charge in [0.15, 0.2) is 0 Å². The van der Waals surface area contributed by atoms with Gasteiger partial charge in [-0.05, 0) is 55.4 Å². The van der Waals surface area contributed by atoms with Crippen LogP contribution in [0.3, 0.4) is 0 Å². The fourth-order valence-electron chi connectivity index (χ4n) is 2.59. The number of carbonyl (C=O) groups is 1. The van der Waals surface area contributed by atoms with Crippen molar-refractivity contribution in [3.63, 3.8) is 0 Å². The van der Waals surface area contributed by atoms with Crippen LogP contribution in [0.2, 0.25) is 0 Å². The van der Waals surface area contributed by atoms with Crippen molar-refractivity contribution in [2.24, 2.45) is 0 Å². The summed E-state index contributed by atoms with van der Waals surface area (Å²) in [6, 6.07) is 7.82. The van der Waals surface area contributed by atoms with Crippen LogP contribution in [0.15, 0.2) is 36.7 Å². The molecule has 2 aromatic rings. The molecule has 2 aliphatic carbocycles. The van der Waals surface area contributed by atoms with E-state index in [-0.39, 0.29) is 5.91 Å². The maximum absolute atomic E-state index is 12.3. The van der Waals surface area contributed by atoms with Crippen LogP contribution in [-0.2, 0) is 0 Å². The first kappa shape index (κ1) is 12.5. The largest absolute Gasteiger partial charge is 0.306 e. The van der Waals surface area contributed by atoms with E-state index in [2.05, 4.69) is 22.4 Å². The van der Waals surface area contributed by atoms with Gasteiger partial charge in [0.2, 0.25) is 0 Å². The molecule has 21 heavy (non-hydrogen) atoms. The van der Waals surface area contributed by atoms with E-state index < -0.39 is 0 Å². The van der Waals surface area contributed by atoms with Gasteiger partial charge in [0.25, 0.3) is 5.91 Å². The molecule has 0 spiro atoms. The summed E-state index contributed by atoms with van der Waals surface area (Å²) >= 11 is 0. The number of nitrogens with zero attached hydrogens (tertiary/aromatic N) is 2. The summed E-state index contributed by atoms with van der Waals surface area (Å²) in [4.78, 5) is 21.0. The van der Waals surface area contributed by atoms with Gasteiger partial charge in [-0.25, -0.2) is 4.98 Å². The molecule has 2 aromatic heterocycles. The second-order valence-corrected chi connectivity index (χ2v) is 5.92. The van der Waals surface area contributed by atoms with Crippen molar-refractivity contribution in [3.8, 4) is 0 Å². The maximum atomic E-state index is 12.3. The van der Waals surface area contributed by atoms with Gasteiger partial charge in [-0.15, -0.1) is 0 Å². The maximum Gasteiger partial charge on any atom is 0.258 e. The van der Waals surface area contributed by atoms with Crippen LogP contribution < -0.4 is 5.32 Å². The van der Waals surface area contributed by atoms with Crippen molar-refractivity contribution in [2.75, 3.05) is 5.32 Å². The van der Waals surface area contributed by atoms with Gasteiger partial charge < -0.3 is 5.32 Å². The molecule has 0 unspecified atom stereocenters. The van der Waals surface area contributed by atoms with E-state index >= 15 is 0 Å². The average Bonchev–Trinajstić information content (AvgIpc) is 3.41. The Bertz CT molecular complexity index is 676. The topological polar surface area (TPSA) is 54.9 Å². The zero-order valence-corrected chi connectivity index (χ0v) is 11.7.